The predicted molar refractivity (Wildman–Crippen MR) is 78.7 cm³/mol. The summed E-state index contributed by atoms with van der Waals surface area (Å²) in [5.74, 6) is 0.821. The van der Waals surface area contributed by atoms with Crippen LogP contribution in [-0.4, -0.2) is 34.3 Å². The van der Waals surface area contributed by atoms with Crippen molar-refractivity contribution in [3.63, 3.8) is 0 Å². The first-order valence-corrected chi connectivity index (χ1v) is 7.36. The minimum absolute atomic E-state index is 0.247. The molecule has 0 bridgehead atoms. The van der Waals surface area contributed by atoms with Crippen LogP contribution >= 0.6 is 11.8 Å². The van der Waals surface area contributed by atoms with Crippen LogP contribution in [0.25, 0.3) is 11.3 Å². The van der Waals surface area contributed by atoms with Crippen LogP contribution in [0.3, 0.4) is 0 Å². The summed E-state index contributed by atoms with van der Waals surface area (Å²) in [6.07, 6.45) is 2.03. The minimum Gasteiger partial charge on any atom is -0.480 e. The lowest BCUT2D eigenvalue weighted by Crippen LogP contribution is -2.37. The van der Waals surface area contributed by atoms with Crippen LogP contribution in [-0.2, 0) is 15.3 Å². The Bertz CT molecular complexity index is 600. The van der Waals surface area contributed by atoms with Gasteiger partial charge in [-0.3, -0.25) is 4.79 Å². The summed E-state index contributed by atoms with van der Waals surface area (Å²) >= 11 is 1.33. The van der Waals surface area contributed by atoms with E-state index < -0.39 is 12.0 Å². The number of aromatic nitrogens is 1. The molecule has 1 aromatic heterocycles. The van der Waals surface area contributed by atoms with Gasteiger partial charge in [0.15, 0.2) is 5.76 Å². The third kappa shape index (κ3) is 4.35. The molecule has 1 aromatic carbocycles. The van der Waals surface area contributed by atoms with E-state index in [1.165, 1.54) is 11.8 Å². The molecule has 7 heteroatoms. The number of carbonyl (C=O) groups is 2. The van der Waals surface area contributed by atoms with Gasteiger partial charge >= 0.3 is 5.97 Å². The largest absolute Gasteiger partial charge is 0.480 e. The summed E-state index contributed by atoms with van der Waals surface area (Å²) < 4.78 is 5.60. The first-order chi connectivity index (χ1) is 10.2. The molecule has 2 aromatic rings. The number of thioether (sulfide) groups is 1. The molecular weight excluding hydrogens is 292 g/mol. The molecular formula is C14H14N2O4S. The molecule has 0 saturated carbocycles. The number of carboxylic acid groups (broad SMARTS) is 1. The van der Waals surface area contributed by atoms with E-state index in [2.05, 4.69) is 10.3 Å². The van der Waals surface area contributed by atoms with Gasteiger partial charge in [0.25, 0.3) is 0 Å². The van der Waals surface area contributed by atoms with E-state index >= 15 is 0 Å². The summed E-state index contributed by atoms with van der Waals surface area (Å²) in [5, 5.41) is 11.1. The first kappa shape index (κ1) is 15.1. The van der Waals surface area contributed by atoms with Crippen LogP contribution in [0.15, 0.2) is 40.9 Å². The van der Waals surface area contributed by atoms with Crippen LogP contribution in [0, 0.1) is 0 Å². The average molecular weight is 306 g/mol. The van der Waals surface area contributed by atoms with Crippen LogP contribution in [0.1, 0.15) is 5.89 Å². The molecule has 1 unspecified atom stereocenters. The Morgan fingerprint density at radius 3 is 2.86 bits per heavy atom. The van der Waals surface area contributed by atoms with Gasteiger partial charge in [-0.15, -0.1) is 11.8 Å². The molecule has 1 amide bonds. The monoisotopic (exact) mass is 306 g/mol. The number of nitrogens with one attached hydrogen (secondary N) is 1. The van der Waals surface area contributed by atoms with Gasteiger partial charge in [-0.1, -0.05) is 30.3 Å². The van der Waals surface area contributed by atoms with Crippen LogP contribution < -0.4 is 5.32 Å². The van der Waals surface area contributed by atoms with Crippen molar-refractivity contribution in [2.24, 2.45) is 0 Å². The molecule has 1 heterocycles. The van der Waals surface area contributed by atoms with Gasteiger partial charge in [0.2, 0.25) is 12.3 Å². The fraction of sp³-hybridized carbons (Fsp3) is 0.214. The zero-order valence-electron chi connectivity index (χ0n) is 11.1. The quantitative estimate of drug-likeness (QED) is 0.722. The third-order valence-corrected chi connectivity index (χ3v) is 3.71. The molecule has 110 valence electrons. The van der Waals surface area contributed by atoms with Gasteiger partial charge in [-0.05, 0) is 0 Å². The topological polar surface area (TPSA) is 92.4 Å². The number of carbonyl (C=O) groups excluding carboxylic acids is 1. The zero-order chi connectivity index (χ0) is 15.1. The lowest BCUT2D eigenvalue weighted by molar-refractivity contribution is -0.139. The maximum atomic E-state index is 10.8. The number of rotatable bonds is 8. The van der Waals surface area contributed by atoms with Crippen molar-refractivity contribution < 1.29 is 19.1 Å². The number of benzene rings is 1. The fourth-order valence-corrected chi connectivity index (χ4v) is 2.55. The van der Waals surface area contributed by atoms with Crippen molar-refractivity contribution in [3.8, 4) is 11.3 Å². The van der Waals surface area contributed by atoms with Crippen molar-refractivity contribution in [1.82, 2.24) is 10.3 Å². The lowest BCUT2D eigenvalue weighted by atomic mass is 10.2. The number of carboxylic acids is 1. The minimum atomic E-state index is -1.06. The highest BCUT2D eigenvalue weighted by molar-refractivity contribution is 7.98. The highest BCUT2D eigenvalue weighted by atomic mass is 32.2. The van der Waals surface area contributed by atoms with Crippen molar-refractivity contribution in [2.45, 2.75) is 11.8 Å². The van der Waals surface area contributed by atoms with Gasteiger partial charge in [0.05, 0.1) is 11.9 Å². The number of nitrogens with zero attached hydrogens (tertiary/aromatic N) is 1. The van der Waals surface area contributed by atoms with Crippen molar-refractivity contribution >= 4 is 24.1 Å². The maximum Gasteiger partial charge on any atom is 0.327 e. The summed E-state index contributed by atoms with van der Waals surface area (Å²) in [5.41, 5.74) is 0.937. The summed E-state index contributed by atoms with van der Waals surface area (Å²) in [7, 11) is 0. The van der Waals surface area contributed by atoms with E-state index in [0.717, 1.165) is 5.56 Å². The molecule has 0 radical (unpaired) electrons. The Kier molecular flexibility index (Phi) is 5.39. The molecule has 0 aliphatic heterocycles. The summed E-state index contributed by atoms with van der Waals surface area (Å²) in [6.45, 7) is 0. The Morgan fingerprint density at radius 2 is 2.19 bits per heavy atom. The van der Waals surface area contributed by atoms with Gasteiger partial charge in [0.1, 0.15) is 6.04 Å². The molecule has 0 aliphatic carbocycles. The lowest BCUT2D eigenvalue weighted by Gasteiger charge is -2.09. The second-order valence-corrected chi connectivity index (χ2v) is 5.21. The molecule has 1 atom stereocenters. The standard InChI is InChI=1S/C14H14N2O4S/c17-9-16-11(14(18)19)7-21-8-13-15-6-12(20-13)10-4-2-1-3-5-10/h1-6,9,11H,7-8H2,(H,16,17)(H,18,19). The van der Waals surface area contributed by atoms with E-state index in [4.69, 9.17) is 9.52 Å². The molecule has 2 N–H and O–H groups in total. The van der Waals surface area contributed by atoms with E-state index in [0.29, 0.717) is 23.8 Å². The second-order valence-electron chi connectivity index (χ2n) is 4.17. The highest BCUT2D eigenvalue weighted by Gasteiger charge is 2.16. The number of oxazole rings is 1. The molecule has 2 rings (SSSR count). The second kappa shape index (κ2) is 7.49. The Labute approximate surface area is 125 Å². The molecule has 21 heavy (non-hydrogen) atoms. The molecule has 0 spiro atoms. The maximum absolute atomic E-state index is 10.8. The van der Waals surface area contributed by atoms with E-state index in [1.807, 2.05) is 30.3 Å². The Hall–Kier alpha value is -2.28. The fourth-order valence-electron chi connectivity index (χ4n) is 1.65. The number of amides is 1. The van der Waals surface area contributed by atoms with Gasteiger partial charge in [0, 0.05) is 11.3 Å². The molecule has 0 saturated heterocycles. The molecule has 0 fully saturated rings. The van der Waals surface area contributed by atoms with E-state index in [-0.39, 0.29) is 5.75 Å². The van der Waals surface area contributed by atoms with Crippen LogP contribution in [0.4, 0.5) is 0 Å². The van der Waals surface area contributed by atoms with Crippen molar-refractivity contribution in [2.75, 3.05) is 5.75 Å². The number of hydrogen-bond donors (Lipinski definition) is 2. The van der Waals surface area contributed by atoms with Gasteiger partial charge in [-0.2, -0.15) is 0 Å². The summed E-state index contributed by atoms with van der Waals surface area (Å²) in [4.78, 5) is 25.3. The van der Waals surface area contributed by atoms with Gasteiger partial charge in [-0.25, -0.2) is 9.78 Å². The third-order valence-electron chi connectivity index (χ3n) is 2.69. The SMILES string of the molecule is O=CNC(CSCc1ncc(-c2ccccc2)o1)C(=O)O. The molecule has 0 aliphatic rings. The predicted octanol–water partition coefficient (Wildman–Crippen LogP) is 1.77. The zero-order valence-corrected chi connectivity index (χ0v) is 11.9. The Balaban J connectivity index is 1.88. The number of hydrogen-bond acceptors (Lipinski definition) is 5. The van der Waals surface area contributed by atoms with E-state index in [1.54, 1.807) is 6.20 Å². The van der Waals surface area contributed by atoms with E-state index in [9.17, 15) is 9.59 Å². The number of aliphatic carboxylic acids is 1. The summed E-state index contributed by atoms with van der Waals surface area (Å²) in [6, 6.07) is 8.68. The average Bonchev–Trinajstić information content (AvgIpc) is 2.96. The van der Waals surface area contributed by atoms with Crippen LogP contribution in [0.2, 0.25) is 0 Å². The van der Waals surface area contributed by atoms with Gasteiger partial charge < -0.3 is 14.8 Å². The van der Waals surface area contributed by atoms with Crippen LogP contribution in [0.5, 0.6) is 0 Å². The first-order valence-electron chi connectivity index (χ1n) is 6.21. The van der Waals surface area contributed by atoms with Crippen molar-refractivity contribution in [1.29, 1.82) is 0 Å². The highest BCUT2D eigenvalue weighted by Crippen LogP contribution is 2.22. The smallest absolute Gasteiger partial charge is 0.327 e. The van der Waals surface area contributed by atoms with Crippen molar-refractivity contribution in [3.05, 3.63) is 42.4 Å². The molecule has 6 nitrogen and oxygen atoms in total. The normalized spacial score (nSPS) is 11.8. The Morgan fingerprint density at radius 1 is 1.43 bits per heavy atom.